The minimum Gasteiger partial charge on any atom is -0.477 e. The van der Waals surface area contributed by atoms with E-state index in [2.05, 4.69) is 74.6 Å². The monoisotopic (exact) mass is 815 g/mol. The van der Waals surface area contributed by atoms with Gasteiger partial charge in [-0.1, -0.05) is 152 Å². The third-order valence-electron chi connectivity index (χ3n) is 10.2. The smallest absolute Gasteiger partial charge is 0.362 e. The maximum Gasteiger partial charge on any atom is 0.362 e. The highest BCUT2D eigenvalue weighted by molar-refractivity contribution is 5.72. The van der Waals surface area contributed by atoms with Gasteiger partial charge in [0.2, 0.25) is 0 Å². The van der Waals surface area contributed by atoms with Gasteiger partial charge >= 0.3 is 17.9 Å². The molecule has 8 nitrogen and oxygen atoms in total. The van der Waals surface area contributed by atoms with Crippen LogP contribution in [-0.2, 0) is 28.6 Å². The summed E-state index contributed by atoms with van der Waals surface area (Å²) < 4.78 is 17.3. The van der Waals surface area contributed by atoms with Gasteiger partial charge in [-0.2, -0.15) is 0 Å². The Kier molecular flexibility index (Phi) is 38.7. The Hall–Kier alpha value is -2.97. The van der Waals surface area contributed by atoms with E-state index >= 15 is 0 Å². The first kappa shape index (κ1) is 55.0. The molecule has 0 aromatic carbocycles. The molecule has 8 heteroatoms. The van der Waals surface area contributed by atoms with Crippen LogP contribution in [0.25, 0.3) is 0 Å². The molecule has 0 aliphatic heterocycles. The molecule has 0 saturated carbocycles. The van der Waals surface area contributed by atoms with Gasteiger partial charge in [0.25, 0.3) is 0 Å². The zero-order chi connectivity index (χ0) is 42.8. The van der Waals surface area contributed by atoms with Gasteiger partial charge in [-0.3, -0.25) is 9.59 Å². The van der Waals surface area contributed by atoms with E-state index in [1.807, 2.05) is 21.1 Å². The van der Waals surface area contributed by atoms with Crippen molar-refractivity contribution in [1.29, 1.82) is 0 Å². The summed E-state index contributed by atoms with van der Waals surface area (Å²) in [5, 5.41) is 9.63. The minimum absolute atomic E-state index is 0.0456. The van der Waals surface area contributed by atoms with Crippen LogP contribution in [-0.4, -0.2) is 80.6 Å². The third kappa shape index (κ3) is 38.5. The fraction of sp³-hybridized carbons (Fsp3) is 0.740. The molecule has 0 spiro atoms. The second-order valence-corrected chi connectivity index (χ2v) is 16.6. The molecule has 0 bridgehead atoms. The van der Waals surface area contributed by atoms with Crippen molar-refractivity contribution >= 4 is 17.9 Å². The van der Waals surface area contributed by atoms with E-state index in [1.54, 1.807) is 0 Å². The van der Waals surface area contributed by atoms with Crippen molar-refractivity contribution in [2.24, 2.45) is 0 Å². The van der Waals surface area contributed by atoms with E-state index in [0.717, 1.165) is 83.5 Å². The molecular weight excluding hydrogens is 727 g/mol. The van der Waals surface area contributed by atoms with Crippen molar-refractivity contribution in [2.75, 3.05) is 41.0 Å². The van der Waals surface area contributed by atoms with Crippen LogP contribution in [0.15, 0.2) is 60.8 Å². The summed E-state index contributed by atoms with van der Waals surface area (Å²) in [6.07, 6.45) is 49.8. The number of allylic oxidation sites excluding steroid dienone is 10. The van der Waals surface area contributed by atoms with Gasteiger partial charge in [0, 0.05) is 19.3 Å². The Morgan fingerprint density at radius 1 is 0.534 bits per heavy atom. The normalized spacial score (nSPS) is 13.5. The highest BCUT2D eigenvalue weighted by atomic mass is 16.6. The summed E-state index contributed by atoms with van der Waals surface area (Å²) in [4.78, 5) is 37.0. The lowest BCUT2D eigenvalue weighted by atomic mass is 10.1. The van der Waals surface area contributed by atoms with E-state index in [0.29, 0.717) is 19.3 Å². The van der Waals surface area contributed by atoms with E-state index in [1.165, 1.54) is 70.6 Å². The van der Waals surface area contributed by atoms with Crippen molar-refractivity contribution in [3.8, 4) is 0 Å². The van der Waals surface area contributed by atoms with E-state index in [9.17, 15) is 19.5 Å². The van der Waals surface area contributed by atoms with Crippen LogP contribution in [0.3, 0.4) is 0 Å². The molecule has 1 N–H and O–H groups in total. The van der Waals surface area contributed by atoms with Gasteiger partial charge in [0.1, 0.15) is 6.61 Å². The molecule has 58 heavy (non-hydrogen) atoms. The molecule has 2 unspecified atom stereocenters. The number of carbonyl (C=O) groups excluding carboxylic acids is 2. The van der Waals surface area contributed by atoms with Crippen LogP contribution in [0.4, 0.5) is 0 Å². The summed E-state index contributed by atoms with van der Waals surface area (Å²) in [5.41, 5.74) is 0. The molecule has 0 rings (SSSR count). The highest BCUT2D eigenvalue weighted by Gasteiger charge is 2.31. The number of carboxylic acids is 1. The van der Waals surface area contributed by atoms with Crippen LogP contribution >= 0.6 is 0 Å². The van der Waals surface area contributed by atoms with E-state index in [-0.39, 0.29) is 36.2 Å². The zero-order valence-electron chi connectivity index (χ0n) is 38.0. The summed E-state index contributed by atoms with van der Waals surface area (Å²) in [5.74, 6) is -1.52. The Morgan fingerprint density at radius 2 is 0.966 bits per heavy atom. The lowest BCUT2D eigenvalue weighted by molar-refractivity contribution is -0.887. The number of quaternary nitrogens is 1. The largest absolute Gasteiger partial charge is 0.477 e. The molecule has 2 atom stereocenters. The average Bonchev–Trinajstić information content (AvgIpc) is 3.18. The van der Waals surface area contributed by atoms with Crippen LogP contribution in [0, 0.1) is 0 Å². The van der Waals surface area contributed by atoms with Crippen molar-refractivity contribution in [3.05, 3.63) is 60.8 Å². The maximum atomic E-state index is 12.7. The number of carboxylic acid groups (broad SMARTS) is 1. The number of carbonyl (C=O) groups is 3. The topological polar surface area (TPSA) is 99.1 Å². The molecule has 0 radical (unpaired) electrons. The number of hydrogen-bond acceptors (Lipinski definition) is 6. The van der Waals surface area contributed by atoms with E-state index in [4.69, 9.17) is 14.2 Å². The fourth-order valence-electron chi connectivity index (χ4n) is 6.55. The van der Waals surface area contributed by atoms with Crippen LogP contribution < -0.4 is 0 Å². The first-order chi connectivity index (χ1) is 28.1. The Balaban J connectivity index is 4.38. The molecule has 0 fully saturated rings. The second-order valence-electron chi connectivity index (χ2n) is 16.6. The molecule has 334 valence electrons. The lowest BCUT2D eigenvalue weighted by Crippen LogP contribution is -2.50. The molecule has 0 aliphatic rings. The highest BCUT2D eigenvalue weighted by Crippen LogP contribution is 2.14. The van der Waals surface area contributed by atoms with Gasteiger partial charge in [-0.25, -0.2) is 4.79 Å². The number of aliphatic carboxylic acids is 1. The van der Waals surface area contributed by atoms with E-state index < -0.39 is 18.1 Å². The number of unbranched alkanes of at least 4 members (excludes halogenated alkanes) is 17. The van der Waals surface area contributed by atoms with Crippen molar-refractivity contribution in [3.63, 3.8) is 0 Å². The van der Waals surface area contributed by atoms with Crippen LogP contribution in [0.1, 0.15) is 187 Å². The van der Waals surface area contributed by atoms with Crippen molar-refractivity contribution < 1.29 is 38.2 Å². The first-order valence-electron chi connectivity index (χ1n) is 23.3. The SMILES string of the molecule is CC/C=C/C/C=C/C/C=C/C/C=C/CCCCCC(=O)OCC(COCCC(C(=O)O)[N+](C)(C)C)OC(=O)CCCCCCC/C=C/CCCCCCCCCCC. The molecule has 0 amide bonds. The fourth-order valence-corrected chi connectivity index (χ4v) is 6.55. The number of likely N-dealkylation sites (N-methyl/N-ethyl adjacent to an activating group) is 1. The number of nitrogens with zero attached hydrogens (tertiary/aromatic N) is 1. The number of esters is 2. The molecule has 0 heterocycles. The molecule has 0 aromatic heterocycles. The molecular formula is C50H88NO7+. The lowest BCUT2D eigenvalue weighted by Gasteiger charge is -2.31. The number of ether oxygens (including phenoxy) is 3. The molecule has 0 aromatic rings. The zero-order valence-corrected chi connectivity index (χ0v) is 38.0. The quantitative estimate of drug-likeness (QED) is 0.0284. The minimum atomic E-state index is -0.882. The summed E-state index contributed by atoms with van der Waals surface area (Å²) >= 11 is 0. The van der Waals surface area contributed by atoms with Gasteiger partial charge in [-0.05, 0) is 77.0 Å². The molecule has 0 saturated heterocycles. The number of hydrogen-bond donors (Lipinski definition) is 1. The number of rotatable bonds is 41. The van der Waals surface area contributed by atoms with Gasteiger partial charge in [0.15, 0.2) is 12.1 Å². The average molecular weight is 815 g/mol. The Labute approximate surface area is 356 Å². The van der Waals surface area contributed by atoms with Gasteiger partial charge in [0.05, 0.1) is 34.4 Å². The molecule has 0 aliphatic carbocycles. The van der Waals surface area contributed by atoms with Crippen molar-refractivity contribution in [1.82, 2.24) is 0 Å². The van der Waals surface area contributed by atoms with Gasteiger partial charge in [-0.15, -0.1) is 0 Å². The second kappa shape index (κ2) is 40.8. The third-order valence-corrected chi connectivity index (χ3v) is 10.2. The summed E-state index contributed by atoms with van der Waals surface area (Å²) in [7, 11) is 5.51. The first-order valence-corrected chi connectivity index (χ1v) is 23.3. The predicted molar refractivity (Wildman–Crippen MR) is 243 cm³/mol. The Bertz CT molecular complexity index is 1130. The van der Waals surface area contributed by atoms with Crippen LogP contribution in [0.5, 0.6) is 0 Å². The van der Waals surface area contributed by atoms with Crippen molar-refractivity contribution in [2.45, 2.75) is 199 Å². The predicted octanol–water partition coefficient (Wildman–Crippen LogP) is 13.0. The van der Waals surface area contributed by atoms with Gasteiger partial charge < -0.3 is 23.8 Å². The Morgan fingerprint density at radius 3 is 1.47 bits per heavy atom. The summed E-state index contributed by atoms with van der Waals surface area (Å²) in [6, 6.07) is -0.623. The summed E-state index contributed by atoms with van der Waals surface area (Å²) in [6.45, 7) is 4.58. The maximum absolute atomic E-state index is 12.7. The standard InChI is InChI=1S/C50H87NO7/c1-6-8-10-12-14-16-18-20-22-24-25-27-29-31-33-35-37-39-41-49(53)58-46(44-56-43-42-47(50(54)55)51(3,4)5)45-57-48(52)40-38-36-34-32-30-28-26-23-21-19-17-15-13-11-9-7-2/h9,11,15,17,21,23,25,27-28,30,46-47H,6-8,10,12-14,16,18-20,22,24,26,29,31-45H2,1-5H3/p+1/b11-9+,17-15+,23-21+,27-25+,30-28+. The van der Waals surface area contributed by atoms with Crippen LogP contribution in [0.2, 0.25) is 0 Å².